The lowest BCUT2D eigenvalue weighted by atomic mass is 9.85. The van der Waals surface area contributed by atoms with Gasteiger partial charge in [0.05, 0.1) is 24.6 Å². The first-order valence-electron chi connectivity index (χ1n) is 11.3. The van der Waals surface area contributed by atoms with Crippen molar-refractivity contribution in [2.45, 2.75) is 0 Å². The smallest absolute Gasteiger partial charge is 0.238 e. The molecule has 0 N–H and O–H groups in total. The van der Waals surface area contributed by atoms with Crippen molar-refractivity contribution in [2.75, 3.05) is 12.0 Å². The molecular formula is C29H22ClNO3. The molecule has 34 heavy (non-hydrogen) atoms. The van der Waals surface area contributed by atoms with Crippen LogP contribution in [0.4, 0.5) is 5.69 Å². The summed E-state index contributed by atoms with van der Waals surface area (Å²) in [4.78, 5) is 28.8. The maximum Gasteiger partial charge on any atom is 0.238 e. The second-order valence-electron chi connectivity index (χ2n) is 8.88. The summed E-state index contributed by atoms with van der Waals surface area (Å²) < 4.78 is 5.45. The Morgan fingerprint density at radius 1 is 0.794 bits per heavy atom. The number of carbonyl (C=O) groups is 2. The molecule has 1 heterocycles. The molecular weight excluding hydrogens is 446 g/mol. The highest BCUT2D eigenvalue weighted by Crippen LogP contribution is 2.59. The number of carbonyl (C=O) groups excluding carboxylic acids is 2. The first-order chi connectivity index (χ1) is 16.6. The van der Waals surface area contributed by atoms with Crippen molar-refractivity contribution in [3.05, 3.63) is 113 Å². The molecule has 0 unspecified atom stereocenters. The fraction of sp³-hybridized carbons (Fsp3) is 0.172. The number of hydrogen-bond donors (Lipinski definition) is 0. The van der Waals surface area contributed by atoms with Crippen molar-refractivity contribution in [3.8, 4) is 5.75 Å². The summed E-state index contributed by atoms with van der Waals surface area (Å²) in [6, 6.07) is 25.5. The minimum absolute atomic E-state index is 0.128. The topological polar surface area (TPSA) is 46.6 Å². The van der Waals surface area contributed by atoms with E-state index in [0.717, 1.165) is 22.3 Å². The molecule has 4 nitrogen and oxygen atoms in total. The Labute approximate surface area is 203 Å². The number of amides is 2. The molecule has 6 rings (SSSR count). The maximum atomic E-state index is 13.8. The fourth-order valence-corrected chi connectivity index (χ4v) is 6.05. The van der Waals surface area contributed by atoms with E-state index in [-0.39, 0.29) is 23.7 Å². The Balaban J connectivity index is 1.49. The SMILES string of the molecule is COc1ccc(Cl)cc1N1C(=O)[C@@H]2[C@@H](C1=O)[C@H]1C=C[C@H]2C1=C(c1ccccc1)c1ccccc1. The van der Waals surface area contributed by atoms with Crippen molar-refractivity contribution in [2.24, 2.45) is 23.7 Å². The number of imide groups is 1. The maximum absolute atomic E-state index is 13.8. The second kappa shape index (κ2) is 8.00. The van der Waals surface area contributed by atoms with Gasteiger partial charge in [-0.1, -0.05) is 84.4 Å². The minimum atomic E-state index is -0.427. The molecule has 3 aromatic carbocycles. The van der Waals surface area contributed by atoms with E-state index in [0.29, 0.717) is 16.5 Å². The van der Waals surface area contributed by atoms with Crippen molar-refractivity contribution in [3.63, 3.8) is 0 Å². The van der Waals surface area contributed by atoms with E-state index in [1.165, 1.54) is 12.0 Å². The number of methoxy groups -OCH3 is 1. The number of nitrogens with zero attached hydrogens (tertiary/aromatic N) is 1. The van der Waals surface area contributed by atoms with Crippen LogP contribution in [0, 0.1) is 23.7 Å². The van der Waals surface area contributed by atoms with Gasteiger partial charge in [-0.05, 0) is 40.5 Å². The predicted octanol–water partition coefficient (Wildman–Crippen LogP) is 5.77. The van der Waals surface area contributed by atoms with Crippen molar-refractivity contribution in [1.29, 1.82) is 0 Å². The van der Waals surface area contributed by atoms with Crippen LogP contribution in [-0.4, -0.2) is 18.9 Å². The van der Waals surface area contributed by atoms with Gasteiger partial charge >= 0.3 is 0 Å². The van der Waals surface area contributed by atoms with Crippen molar-refractivity contribution in [1.82, 2.24) is 0 Å². The summed E-state index contributed by atoms with van der Waals surface area (Å²) in [5.74, 6) is -1.03. The van der Waals surface area contributed by atoms with E-state index in [1.54, 1.807) is 18.2 Å². The zero-order valence-electron chi connectivity index (χ0n) is 18.5. The number of halogens is 1. The van der Waals surface area contributed by atoms with E-state index in [4.69, 9.17) is 16.3 Å². The first kappa shape index (κ1) is 20.9. The highest BCUT2D eigenvalue weighted by Gasteiger charge is 2.62. The number of benzene rings is 3. The normalized spacial score (nSPS) is 24.6. The largest absolute Gasteiger partial charge is 0.495 e. The van der Waals surface area contributed by atoms with Crippen LogP contribution in [0.2, 0.25) is 5.02 Å². The third kappa shape index (κ3) is 2.99. The zero-order chi connectivity index (χ0) is 23.4. The van der Waals surface area contributed by atoms with Crippen LogP contribution in [0.1, 0.15) is 11.1 Å². The van der Waals surface area contributed by atoms with Crippen LogP contribution >= 0.6 is 11.6 Å². The van der Waals surface area contributed by atoms with Gasteiger partial charge in [-0.2, -0.15) is 0 Å². The van der Waals surface area contributed by atoms with Gasteiger partial charge in [0, 0.05) is 16.9 Å². The minimum Gasteiger partial charge on any atom is -0.495 e. The average Bonchev–Trinajstić information content (AvgIpc) is 3.50. The van der Waals surface area contributed by atoms with Crippen LogP contribution in [0.5, 0.6) is 5.75 Å². The molecule has 3 aromatic rings. The lowest BCUT2D eigenvalue weighted by molar-refractivity contribution is -0.123. The van der Waals surface area contributed by atoms with Gasteiger partial charge in [0.1, 0.15) is 5.75 Å². The molecule has 1 saturated carbocycles. The Morgan fingerprint density at radius 3 is 1.82 bits per heavy atom. The second-order valence-corrected chi connectivity index (χ2v) is 9.31. The van der Waals surface area contributed by atoms with Crippen LogP contribution in [-0.2, 0) is 9.59 Å². The highest BCUT2D eigenvalue weighted by molar-refractivity contribution is 6.31. The van der Waals surface area contributed by atoms with E-state index >= 15 is 0 Å². The summed E-state index contributed by atoms with van der Waals surface area (Å²) in [6.07, 6.45) is 4.22. The lowest BCUT2D eigenvalue weighted by Crippen LogP contribution is -2.33. The number of fused-ring (bicyclic) bond motifs is 5. The third-order valence-corrected chi connectivity index (χ3v) is 7.45. The van der Waals surface area contributed by atoms with Crippen molar-refractivity contribution < 1.29 is 14.3 Å². The summed E-state index contributed by atoms with van der Waals surface area (Å²) in [5.41, 5.74) is 4.87. The molecule has 5 heteroatoms. The zero-order valence-corrected chi connectivity index (χ0v) is 19.3. The van der Waals surface area contributed by atoms with Gasteiger partial charge < -0.3 is 4.74 Å². The van der Waals surface area contributed by atoms with Gasteiger partial charge in [-0.15, -0.1) is 0 Å². The van der Waals surface area contributed by atoms with Crippen LogP contribution < -0.4 is 9.64 Å². The first-order valence-corrected chi connectivity index (χ1v) is 11.7. The number of allylic oxidation sites excluding steroid dienone is 3. The van der Waals surface area contributed by atoms with E-state index < -0.39 is 11.8 Å². The highest BCUT2D eigenvalue weighted by atomic mass is 35.5. The molecule has 2 bridgehead atoms. The molecule has 1 aliphatic heterocycles. The number of rotatable bonds is 4. The summed E-state index contributed by atoms with van der Waals surface area (Å²) in [5, 5.41) is 0.450. The Bertz CT molecular complexity index is 1290. The van der Waals surface area contributed by atoms with E-state index in [2.05, 4.69) is 36.4 Å². The monoisotopic (exact) mass is 467 g/mol. The van der Waals surface area contributed by atoms with Crippen LogP contribution in [0.3, 0.4) is 0 Å². The third-order valence-electron chi connectivity index (χ3n) is 7.21. The van der Waals surface area contributed by atoms with Gasteiger partial charge in [-0.3, -0.25) is 9.59 Å². The molecule has 1 saturated heterocycles. The molecule has 3 aliphatic rings. The predicted molar refractivity (Wildman–Crippen MR) is 133 cm³/mol. The molecule has 2 fully saturated rings. The Hall–Kier alpha value is -3.63. The molecule has 0 radical (unpaired) electrons. The van der Waals surface area contributed by atoms with Crippen molar-refractivity contribution >= 4 is 34.7 Å². The number of anilines is 1. The lowest BCUT2D eigenvalue weighted by Gasteiger charge is -2.22. The van der Waals surface area contributed by atoms with E-state index in [1.807, 2.05) is 36.4 Å². The Morgan fingerprint density at radius 2 is 1.32 bits per heavy atom. The van der Waals surface area contributed by atoms with Crippen LogP contribution in [0.25, 0.3) is 5.57 Å². The van der Waals surface area contributed by atoms with Crippen LogP contribution in [0.15, 0.2) is 96.6 Å². The van der Waals surface area contributed by atoms with Gasteiger partial charge in [0.2, 0.25) is 11.8 Å². The average molecular weight is 468 g/mol. The molecule has 168 valence electrons. The summed E-state index contributed by atoms with van der Waals surface area (Å²) >= 11 is 6.21. The molecule has 2 aliphatic carbocycles. The molecule has 0 aromatic heterocycles. The quantitative estimate of drug-likeness (QED) is 0.361. The number of hydrogen-bond acceptors (Lipinski definition) is 3. The Kier molecular flexibility index (Phi) is 4.93. The van der Waals surface area contributed by atoms with Gasteiger partial charge in [-0.25, -0.2) is 4.90 Å². The number of ether oxygens (including phenoxy) is 1. The standard InChI is InChI=1S/C29H22ClNO3/c1-34-23-15-12-19(30)16-22(23)31-28(32)26-20-13-14-21(27(26)29(31)33)25(20)24(17-8-4-2-5-9-17)18-10-6-3-7-11-18/h2-16,20-21,26-27H,1H3/t20-,21-,26-,27-/m0/s1. The van der Waals surface area contributed by atoms with E-state index in [9.17, 15) is 9.59 Å². The molecule has 0 spiro atoms. The molecule has 4 atom stereocenters. The molecule has 2 amide bonds. The summed E-state index contributed by atoms with van der Waals surface area (Å²) in [7, 11) is 1.52. The summed E-state index contributed by atoms with van der Waals surface area (Å²) in [6.45, 7) is 0. The fourth-order valence-electron chi connectivity index (χ4n) is 5.88. The van der Waals surface area contributed by atoms with Gasteiger partial charge in [0.15, 0.2) is 0 Å². The van der Waals surface area contributed by atoms with Gasteiger partial charge in [0.25, 0.3) is 0 Å².